The number of ketones is 1. The van der Waals surface area contributed by atoms with Crippen molar-refractivity contribution in [3.63, 3.8) is 0 Å². The van der Waals surface area contributed by atoms with Crippen LogP contribution in [0, 0.1) is 5.82 Å². The zero-order chi connectivity index (χ0) is 16.3. The van der Waals surface area contributed by atoms with Crippen LogP contribution in [0.2, 0.25) is 0 Å². The van der Waals surface area contributed by atoms with Crippen molar-refractivity contribution in [3.8, 4) is 5.75 Å². The number of ether oxygens (including phenoxy) is 1. The zero-order valence-corrected chi connectivity index (χ0v) is 15.9. The van der Waals surface area contributed by atoms with E-state index >= 15 is 0 Å². The van der Waals surface area contributed by atoms with Crippen LogP contribution < -0.4 is 4.74 Å². The van der Waals surface area contributed by atoms with Gasteiger partial charge in [-0.1, -0.05) is 6.07 Å². The first-order chi connectivity index (χ1) is 11.0. The van der Waals surface area contributed by atoms with Crippen LogP contribution in [-0.4, -0.2) is 11.8 Å². The lowest BCUT2D eigenvalue weighted by molar-refractivity contribution is 0.0734. The van der Waals surface area contributed by atoms with Crippen LogP contribution in [0.15, 0.2) is 25.8 Å². The second kappa shape index (κ2) is 5.47. The third-order valence-electron chi connectivity index (χ3n) is 3.53. The van der Waals surface area contributed by atoms with Gasteiger partial charge in [0, 0.05) is 12.0 Å². The molecule has 116 valence electrons. The molecule has 0 atom stereocenters. The summed E-state index contributed by atoms with van der Waals surface area (Å²) in [6.45, 7) is 0. The van der Waals surface area contributed by atoms with Gasteiger partial charge in [-0.05, 0) is 49.6 Å². The molecule has 0 bridgehead atoms. The summed E-state index contributed by atoms with van der Waals surface area (Å²) in [7, 11) is 0. The van der Waals surface area contributed by atoms with Crippen molar-refractivity contribution >= 4 is 76.4 Å². The number of rotatable bonds is 2. The summed E-state index contributed by atoms with van der Waals surface area (Å²) in [5.41, 5.74) is 1.50. The zero-order valence-electron chi connectivity index (χ0n) is 11.1. The van der Waals surface area contributed by atoms with Crippen molar-refractivity contribution in [1.82, 2.24) is 0 Å². The van der Waals surface area contributed by atoms with Gasteiger partial charge in [0.2, 0.25) is 0 Å². The fourth-order valence-corrected chi connectivity index (χ4v) is 6.80. The Balaban J connectivity index is 1.68. The van der Waals surface area contributed by atoms with E-state index in [0.717, 1.165) is 20.7 Å². The number of halogens is 3. The van der Waals surface area contributed by atoms with E-state index in [9.17, 15) is 14.0 Å². The van der Waals surface area contributed by atoms with E-state index in [-0.39, 0.29) is 16.4 Å². The Hall–Kier alpha value is -1.09. The Morgan fingerprint density at radius 3 is 2.70 bits per heavy atom. The lowest BCUT2D eigenvalue weighted by Gasteiger charge is -2.17. The first-order valence-electron chi connectivity index (χ1n) is 6.40. The average molecular weight is 476 g/mol. The molecular formula is C15H5Br2FO3S2. The third-order valence-corrected chi connectivity index (χ3v) is 7.62. The molecule has 3 aromatic rings. The molecule has 0 spiro atoms. The molecule has 1 aliphatic carbocycles. The fourth-order valence-electron chi connectivity index (χ4n) is 2.38. The summed E-state index contributed by atoms with van der Waals surface area (Å²) < 4.78 is 21.8. The van der Waals surface area contributed by atoms with Crippen molar-refractivity contribution in [1.29, 1.82) is 0 Å². The van der Waals surface area contributed by atoms with Gasteiger partial charge in [-0.15, -0.1) is 22.7 Å². The Kier molecular flexibility index (Phi) is 3.67. The van der Waals surface area contributed by atoms with Gasteiger partial charge in [0.05, 0.1) is 17.7 Å². The summed E-state index contributed by atoms with van der Waals surface area (Å²) in [6, 6.07) is 4.88. The average Bonchev–Trinajstić information content (AvgIpc) is 2.98. The molecule has 0 radical (unpaired) electrons. The molecule has 23 heavy (non-hydrogen) atoms. The maximum Gasteiger partial charge on any atom is 0.356 e. The van der Waals surface area contributed by atoms with Crippen molar-refractivity contribution in [2.75, 3.05) is 0 Å². The minimum Gasteiger partial charge on any atom is -0.422 e. The molecule has 0 saturated carbocycles. The van der Waals surface area contributed by atoms with Crippen molar-refractivity contribution in [3.05, 3.63) is 47.6 Å². The predicted molar refractivity (Wildman–Crippen MR) is 94.5 cm³/mol. The number of thiophene rings is 2. The van der Waals surface area contributed by atoms with E-state index < -0.39 is 11.8 Å². The minimum atomic E-state index is -0.765. The maximum atomic E-state index is 14.5. The molecule has 3 nitrogen and oxygen atoms in total. The number of hydrogen-bond donors (Lipinski definition) is 0. The highest BCUT2D eigenvalue weighted by Crippen LogP contribution is 2.45. The summed E-state index contributed by atoms with van der Waals surface area (Å²) in [4.78, 5) is 23.6. The molecule has 0 unspecified atom stereocenters. The smallest absolute Gasteiger partial charge is 0.356 e. The molecule has 0 saturated heterocycles. The largest absolute Gasteiger partial charge is 0.422 e. The molecule has 0 N–H and O–H groups in total. The summed E-state index contributed by atoms with van der Waals surface area (Å²) in [5.74, 6) is -1.09. The van der Waals surface area contributed by atoms with Gasteiger partial charge in [-0.25, -0.2) is 9.18 Å². The van der Waals surface area contributed by atoms with Crippen LogP contribution in [0.25, 0.3) is 10.1 Å². The van der Waals surface area contributed by atoms with Crippen LogP contribution in [-0.2, 0) is 6.42 Å². The van der Waals surface area contributed by atoms with Crippen molar-refractivity contribution < 1.29 is 18.7 Å². The highest BCUT2D eigenvalue weighted by atomic mass is 79.9. The number of Topliss-reactive ketones (excluding diaryl/α,β-unsaturated/α-hetero) is 1. The molecule has 2 aromatic heterocycles. The van der Waals surface area contributed by atoms with Crippen LogP contribution in [0.4, 0.5) is 4.39 Å². The van der Waals surface area contributed by atoms with Crippen LogP contribution >= 0.6 is 54.5 Å². The number of carbonyl (C=O) groups excluding carboxylic acids is 2. The summed E-state index contributed by atoms with van der Waals surface area (Å²) in [6.07, 6.45) is 0.418. The lowest BCUT2D eigenvalue weighted by atomic mass is 9.87. The van der Waals surface area contributed by atoms with E-state index in [4.69, 9.17) is 4.74 Å². The molecule has 4 rings (SSSR count). The minimum absolute atomic E-state index is 0.0215. The van der Waals surface area contributed by atoms with Gasteiger partial charge < -0.3 is 4.74 Å². The SMILES string of the molecule is O=C1Cc2ccc(OC(=O)c3sc4c(Br)sc(Br)c4c3F)cc21. The van der Waals surface area contributed by atoms with Crippen LogP contribution in [0.5, 0.6) is 5.75 Å². The Bertz CT molecular complexity index is 1010. The van der Waals surface area contributed by atoms with Gasteiger partial charge in [-0.2, -0.15) is 0 Å². The number of fused-ring (bicyclic) bond motifs is 2. The number of carbonyl (C=O) groups is 2. The van der Waals surface area contributed by atoms with Gasteiger partial charge in [0.15, 0.2) is 11.6 Å². The normalized spacial score (nSPS) is 13.1. The van der Waals surface area contributed by atoms with Gasteiger partial charge in [0.1, 0.15) is 10.6 Å². The molecule has 1 aromatic carbocycles. The standard InChI is InChI=1S/C15H5Br2FO3S2/c16-13-9-10(18)12(22-11(9)14(17)23-13)15(20)21-6-2-1-5-3-8(19)7(5)4-6/h1-2,4H,3H2. The van der Waals surface area contributed by atoms with E-state index in [1.54, 1.807) is 12.1 Å². The topological polar surface area (TPSA) is 43.4 Å². The molecule has 8 heteroatoms. The monoisotopic (exact) mass is 474 g/mol. The number of benzene rings is 1. The van der Waals surface area contributed by atoms with Gasteiger partial charge in [0.25, 0.3) is 0 Å². The maximum absolute atomic E-state index is 14.5. The molecule has 0 aliphatic heterocycles. The lowest BCUT2D eigenvalue weighted by Crippen LogP contribution is -2.19. The van der Waals surface area contributed by atoms with E-state index in [2.05, 4.69) is 31.9 Å². The van der Waals surface area contributed by atoms with Crippen molar-refractivity contribution in [2.24, 2.45) is 0 Å². The van der Waals surface area contributed by atoms with E-state index in [1.165, 1.54) is 17.4 Å². The second-order valence-corrected chi connectivity index (χ2v) is 9.58. The number of esters is 1. The predicted octanol–water partition coefficient (Wildman–Crippen LogP) is 5.58. The quantitative estimate of drug-likeness (QED) is 0.358. The second-order valence-electron chi connectivity index (χ2n) is 4.91. The van der Waals surface area contributed by atoms with Crippen LogP contribution in [0.3, 0.4) is 0 Å². The first-order valence-corrected chi connectivity index (χ1v) is 9.61. The van der Waals surface area contributed by atoms with Gasteiger partial charge >= 0.3 is 5.97 Å². The van der Waals surface area contributed by atoms with E-state index in [1.807, 2.05) is 0 Å². The Morgan fingerprint density at radius 1 is 1.22 bits per heavy atom. The summed E-state index contributed by atoms with van der Waals surface area (Å²) in [5, 5.41) is 0.381. The molecule has 1 aliphatic rings. The highest BCUT2D eigenvalue weighted by Gasteiger charge is 2.27. The molecule has 0 amide bonds. The van der Waals surface area contributed by atoms with Crippen molar-refractivity contribution in [2.45, 2.75) is 6.42 Å². The van der Waals surface area contributed by atoms with Gasteiger partial charge in [-0.3, -0.25) is 4.79 Å². The molecule has 0 fully saturated rings. The fraction of sp³-hybridized carbons (Fsp3) is 0.0667. The van der Waals surface area contributed by atoms with E-state index in [0.29, 0.717) is 25.9 Å². The Morgan fingerprint density at radius 2 is 2.00 bits per heavy atom. The number of hydrogen-bond acceptors (Lipinski definition) is 5. The highest BCUT2D eigenvalue weighted by molar-refractivity contribution is 9.12. The molecular weight excluding hydrogens is 471 g/mol. The third kappa shape index (κ3) is 2.39. The molecule has 2 heterocycles. The first kappa shape index (κ1) is 15.4. The Labute approximate surface area is 154 Å². The summed E-state index contributed by atoms with van der Waals surface area (Å²) >= 11 is 9.04. The van der Waals surface area contributed by atoms with Crippen LogP contribution in [0.1, 0.15) is 25.6 Å².